The fourth-order valence-corrected chi connectivity index (χ4v) is 3.54. The van der Waals surface area contributed by atoms with Crippen molar-refractivity contribution in [2.75, 3.05) is 6.61 Å². The Morgan fingerprint density at radius 3 is 2.55 bits per heavy atom. The van der Waals surface area contributed by atoms with Crippen LogP contribution in [0.2, 0.25) is 0 Å². The van der Waals surface area contributed by atoms with Crippen LogP contribution in [0.25, 0.3) is 28.1 Å². The van der Waals surface area contributed by atoms with Crippen LogP contribution in [0.4, 0.5) is 0 Å². The summed E-state index contributed by atoms with van der Waals surface area (Å²) in [5.74, 6) is -0.342. The lowest BCUT2D eigenvalue weighted by atomic mass is 9.91. The van der Waals surface area contributed by atoms with Crippen molar-refractivity contribution in [1.29, 1.82) is 0 Å². The van der Waals surface area contributed by atoms with E-state index in [4.69, 9.17) is 15.5 Å². The molecule has 0 radical (unpaired) electrons. The lowest BCUT2D eigenvalue weighted by Crippen LogP contribution is -2.07. The third kappa shape index (κ3) is 4.72. The number of esters is 1. The number of fused-ring (bicyclic) bond motifs is 1. The van der Waals surface area contributed by atoms with Gasteiger partial charge in [-0.05, 0) is 60.7 Å². The molecule has 3 aromatic rings. The highest BCUT2D eigenvalue weighted by molar-refractivity contribution is 5.98. The zero-order valence-corrected chi connectivity index (χ0v) is 17.4. The molecule has 0 unspecified atom stereocenters. The molecule has 0 aliphatic rings. The van der Waals surface area contributed by atoms with Crippen molar-refractivity contribution in [1.82, 2.24) is 4.98 Å². The smallest absolute Gasteiger partial charge is 0.330 e. The molecule has 29 heavy (non-hydrogen) atoms. The van der Waals surface area contributed by atoms with Crippen molar-refractivity contribution in [3.8, 4) is 11.1 Å². The van der Waals surface area contributed by atoms with Crippen molar-refractivity contribution in [3.63, 3.8) is 0 Å². The van der Waals surface area contributed by atoms with Crippen molar-refractivity contribution in [2.24, 2.45) is 5.73 Å². The average molecular weight is 389 g/mol. The molecule has 0 amide bonds. The van der Waals surface area contributed by atoms with Crippen LogP contribution in [0.15, 0.2) is 48.5 Å². The van der Waals surface area contributed by atoms with Crippen LogP contribution in [0.3, 0.4) is 0 Å². The first-order chi connectivity index (χ1) is 14.1. The predicted molar refractivity (Wildman–Crippen MR) is 119 cm³/mol. The molecular formula is C25H28N2O2. The molecule has 3 rings (SSSR count). The van der Waals surface area contributed by atoms with Gasteiger partial charge in [0.2, 0.25) is 0 Å². The summed E-state index contributed by atoms with van der Waals surface area (Å²) in [6, 6.07) is 14.6. The highest BCUT2D eigenvalue weighted by Crippen LogP contribution is 2.34. The number of hydrogen-bond acceptors (Lipinski definition) is 4. The number of rotatable bonds is 7. The summed E-state index contributed by atoms with van der Waals surface area (Å²) in [5, 5.41) is 1.04. The minimum Gasteiger partial charge on any atom is -0.463 e. The summed E-state index contributed by atoms with van der Waals surface area (Å²) >= 11 is 0. The molecule has 1 heterocycles. The fraction of sp³-hybridized carbons (Fsp3) is 0.280. The second kappa shape index (κ2) is 9.48. The van der Waals surface area contributed by atoms with Gasteiger partial charge in [-0.2, -0.15) is 0 Å². The Bertz CT molecular complexity index is 1040. The number of aryl methyl sites for hydroxylation is 2. The van der Waals surface area contributed by atoms with E-state index in [1.165, 1.54) is 11.6 Å². The van der Waals surface area contributed by atoms with Gasteiger partial charge in [0.15, 0.2) is 0 Å². The molecule has 2 N–H and O–H groups in total. The van der Waals surface area contributed by atoms with Crippen LogP contribution in [-0.4, -0.2) is 17.6 Å². The molecule has 0 aliphatic carbocycles. The lowest BCUT2D eigenvalue weighted by Gasteiger charge is -2.17. The van der Waals surface area contributed by atoms with Gasteiger partial charge in [0.25, 0.3) is 0 Å². The number of pyridine rings is 1. The van der Waals surface area contributed by atoms with E-state index in [0.717, 1.165) is 51.7 Å². The summed E-state index contributed by atoms with van der Waals surface area (Å²) in [5.41, 5.74) is 13.7. The summed E-state index contributed by atoms with van der Waals surface area (Å²) < 4.78 is 4.98. The maximum atomic E-state index is 11.7. The third-order valence-electron chi connectivity index (χ3n) is 4.93. The topological polar surface area (TPSA) is 65.2 Å². The molecule has 0 aliphatic heterocycles. The molecule has 0 atom stereocenters. The Morgan fingerprint density at radius 2 is 1.90 bits per heavy atom. The van der Waals surface area contributed by atoms with Crippen molar-refractivity contribution in [2.45, 2.75) is 40.2 Å². The molecule has 0 saturated carbocycles. The summed E-state index contributed by atoms with van der Waals surface area (Å²) in [6.45, 7) is 6.83. The molecule has 150 valence electrons. The second-order valence-corrected chi connectivity index (χ2v) is 7.09. The first-order valence-electron chi connectivity index (χ1n) is 10.1. The van der Waals surface area contributed by atoms with Crippen molar-refractivity contribution in [3.05, 3.63) is 70.9 Å². The van der Waals surface area contributed by atoms with Crippen LogP contribution in [-0.2, 0) is 22.5 Å². The standard InChI is InChI=1S/C25H28N2O2/c1-4-6-22-21(16-26)25(19-11-7-17(3)8-12-19)20-15-18(9-13-23(20)27-22)10-14-24(28)29-5-2/h7-15H,4-6,16,26H2,1-3H3/b14-10+. The van der Waals surface area contributed by atoms with Gasteiger partial charge in [-0.3, -0.25) is 4.98 Å². The Kier molecular flexibility index (Phi) is 6.78. The molecular weight excluding hydrogens is 360 g/mol. The van der Waals surface area contributed by atoms with E-state index < -0.39 is 0 Å². The van der Waals surface area contributed by atoms with E-state index in [0.29, 0.717) is 13.2 Å². The Labute approximate surface area is 172 Å². The van der Waals surface area contributed by atoms with Crippen LogP contribution < -0.4 is 5.73 Å². The summed E-state index contributed by atoms with van der Waals surface area (Å²) in [7, 11) is 0. The minimum absolute atomic E-state index is 0.342. The minimum atomic E-state index is -0.342. The number of nitrogens with zero attached hydrogens (tertiary/aromatic N) is 1. The molecule has 4 nitrogen and oxygen atoms in total. The highest BCUT2D eigenvalue weighted by Gasteiger charge is 2.15. The zero-order valence-electron chi connectivity index (χ0n) is 17.4. The number of carbonyl (C=O) groups is 1. The van der Waals surface area contributed by atoms with Gasteiger partial charge in [0, 0.05) is 23.7 Å². The Hall–Kier alpha value is -2.98. The van der Waals surface area contributed by atoms with Crippen LogP contribution in [0.1, 0.15) is 42.7 Å². The fourth-order valence-electron chi connectivity index (χ4n) is 3.54. The van der Waals surface area contributed by atoms with E-state index in [-0.39, 0.29) is 5.97 Å². The number of benzene rings is 2. The number of aromatic nitrogens is 1. The van der Waals surface area contributed by atoms with E-state index >= 15 is 0 Å². The van der Waals surface area contributed by atoms with Gasteiger partial charge >= 0.3 is 5.97 Å². The maximum Gasteiger partial charge on any atom is 0.330 e. The molecule has 4 heteroatoms. The number of nitrogens with two attached hydrogens (primary N) is 1. The average Bonchev–Trinajstić information content (AvgIpc) is 2.72. The monoisotopic (exact) mass is 388 g/mol. The molecule has 0 spiro atoms. The van der Waals surface area contributed by atoms with E-state index in [1.54, 1.807) is 13.0 Å². The van der Waals surface area contributed by atoms with E-state index in [2.05, 4.69) is 44.2 Å². The third-order valence-corrected chi connectivity index (χ3v) is 4.93. The van der Waals surface area contributed by atoms with E-state index in [9.17, 15) is 4.79 Å². The first-order valence-corrected chi connectivity index (χ1v) is 10.1. The SMILES string of the molecule is CCCc1nc2ccc(/C=C/C(=O)OCC)cc2c(-c2ccc(C)cc2)c1CN. The molecule has 0 bridgehead atoms. The van der Waals surface area contributed by atoms with Gasteiger partial charge in [-0.25, -0.2) is 4.79 Å². The lowest BCUT2D eigenvalue weighted by molar-refractivity contribution is -0.137. The Balaban J connectivity index is 2.22. The predicted octanol–water partition coefficient (Wildman–Crippen LogP) is 5.20. The summed E-state index contributed by atoms with van der Waals surface area (Å²) in [6.07, 6.45) is 5.14. The normalized spacial score (nSPS) is 11.3. The first kappa shape index (κ1) is 20.7. The largest absolute Gasteiger partial charge is 0.463 e. The van der Waals surface area contributed by atoms with Crippen LogP contribution >= 0.6 is 0 Å². The maximum absolute atomic E-state index is 11.7. The quantitative estimate of drug-likeness (QED) is 0.446. The molecule has 0 saturated heterocycles. The Morgan fingerprint density at radius 1 is 1.14 bits per heavy atom. The van der Waals surface area contributed by atoms with Gasteiger partial charge in [0.1, 0.15) is 0 Å². The van der Waals surface area contributed by atoms with Gasteiger partial charge < -0.3 is 10.5 Å². The van der Waals surface area contributed by atoms with Crippen LogP contribution in [0, 0.1) is 6.92 Å². The number of ether oxygens (including phenoxy) is 1. The van der Waals surface area contributed by atoms with Crippen molar-refractivity contribution >= 4 is 22.9 Å². The summed E-state index contributed by atoms with van der Waals surface area (Å²) in [4.78, 5) is 16.6. The number of carbonyl (C=O) groups excluding carboxylic acids is 1. The molecule has 2 aromatic carbocycles. The van der Waals surface area contributed by atoms with Crippen molar-refractivity contribution < 1.29 is 9.53 Å². The highest BCUT2D eigenvalue weighted by atomic mass is 16.5. The number of hydrogen-bond donors (Lipinski definition) is 1. The molecule has 0 fully saturated rings. The van der Waals surface area contributed by atoms with Gasteiger partial charge in [0.05, 0.1) is 12.1 Å². The van der Waals surface area contributed by atoms with E-state index in [1.807, 2.05) is 12.1 Å². The second-order valence-electron chi connectivity index (χ2n) is 7.09. The molecule has 1 aromatic heterocycles. The zero-order chi connectivity index (χ0) is 20.8. The van der Waals surface area contributed by atoms with Gasteiger partial charge in [-0.1, -0.05) is 49.2 Å². The van der Waals surface area contributed by atoms with Gasteiger partial charge in [-0.15, -0.1) is 0 Å². The van der Waals surface area contributed by atoms with Crippen LogP contribution in [0.5, 0.6) is 0 Å².